The van der Waals surface area contributed by atoms with Crippen LogP contribution < -0.4 is 14.4 Å². The van der Waals surface area contributed by atoms with Crippen molar-refractivity contribution in [3.63, 3.8) is 0 Å². The third kappa shape index (κ3) is 5.66. The highest BCUT2D eigenvalue weighted by Gasteiger charge is 2.54. The van der Waals surface area contributed by atoms with E-state index in [0.717, 1.165) is 78.6 Å². The number of likely N-dealkylation sites (tertiary alicyclic amines) is 1. The number of carbonyl (C=O) groups is 1. The van der Waals surface area contributed by atoms with Crippen LogP contribution in [0.4, 0.5) is 11.4 Å². The Morgan fingerprint density at radius 1 is 0.911 bits per heavy atom. The third-order valence-corrected chi connectivity index (χ3v) is 11.7. The van der Waals surface area contributed by atoms with Gasteiger partial charge in [-0.05, 0) is 76.0 Å². The molecule has 1 spiro atoms. The molecule has 12 heteroatoms. The highest BCUT2D eigenvalue weighted by molar-refractivity contribution is 7.90. The summed E-state index contributed by atoms with van der Waals surface area (Å²) in [7, 11) is 0.00901. The summed E-state index contributed by atoms with van der Waals surface area (Å²) >= 11 is 0. The SMILES string of the molecule is CN1CCN(S(=O)(=O)Nc2cc(-c3ccc4ncc5c(c4c3)C3(CCC3)C(=O)N5C)cnc2OCCCN2CCCCC2)CC1. The number of carbonyl (C=O) groups excluding carboxylic acids is 1. The highest BCUT2D eigenvalue weighted by Crippen LogP contribution is 2.55. The molecule has 1 saturated carbocycles. The van der Waals surface area contributed by atoms with Gasteiger partial charge in [-0.2, -0.15) is 12.7 Å². The van der Waals surface area contributed by atoms with Crippen molar-refractivity contribution >= 4 is 38.4 Å². The van der Waals surface area contributed by atoms with Gasteiger partial charge in [0.25, 0.3) is 0 Å². The summed E-state index contributed by atoms with van der Waals surface area (Å²) in [6, 6.07) is 7.83. The van der Waals surface area contributed by atoms with E-state index < -0.39 is 15.6 Å². The number of aromatic nitrogens is 2. The van der Waals surface area contributed by atoms with Crippen LogP contribution in [0.25, 0.3) is 22.0 Å². The normalized spacial score (nSPS) is 20.8. The van der Waals surface area contributed by atoms with Gasteiger partial charge in [0.15, 0.2) is 0 Å². The van der Waals surface area contributed by atoms with Crippen LogP contribution >= 0.6 is 0 Å². The molecule has 3 fully saturated rings. The van der Waals surface area contributed by atoms with Crippen LogP contribution in [0.15, 0.2) is 36.7 Å². The summed E-state index contributed by atoms with van der Waals surface area (Å²) in [5.41, 5.74) is 4.25. The zero-order valence-corrected chi connectivity index (χ0v) is 27.1. The van der Waals surface area contributed by atoms with Crippen molar-refractivity contribution < 1.29 is 17.9 Å². The van der Waals surface area contributed by atoms with Gasteiger partial charge in [0.05, 0.1) is 29.4 Å². The van der Waals surface area contributed by atoms with E-state index in [2.05, 4.69) is 30.6 Å². The van der Waals surface area contributed by atoms with Crippen molar-refractivity contribution in [2.24, 2.45) is 0 Å². The minimum absolute atomic E-state index is 0.146. The van der Waals surface area contributed by atoms with Crippen molar-refractivity contribution in [2.45, 2.75) is 50.4 Å². The van der Waals surface area contributed by atoms with Gasteiger partial charge in [-0.3, -0.25) is 14.5 Å². The first kappa shape index (κ1) is 30.3. The lowest BCUT2D eigenvalue weighted by molar-refractivity contribution is -0.125. The van der Waals surface area contributed by atoms with E-state index in [-0.39, 0.29) is 11.8 Å². The van der Waals surface area contributed by atoms with Gasteiger partial charge in [-0.1, -0.05) is 18.9 Å². The van der Waals surface area contributed by atoms with E-state index in [1.807, 2.05) is 38.5 Å². The smallest absolute Gasteiger partial charge is 0.301 e. The Kier molecular flexibility index (Phi) is 8.18. The van der Waals surface area contributed by atoms with Gasteiger partial charge in [0.2, 0.25) is 11.8 Å². The summed E-state index contributed by atoms with van der Waals surface area (Å²) in [5.74, 6) is 0.423. The fourth-order valence-corrected chi connectivity index (χ4v) is 8.52. The number of anilines is 2. The third-order valence-electron chi connectivity index (χ3n) is 10.1. The van der Waals surface area contributed by atoms with Gasteiger partial charge in [-0.25, -0.2) is 4.98 Å². The molecule has 2 saturated heterocycles. The Hall–Kier alpha value is -3.32. The van der Waals surface area contributed by atoms with Crippen LogP contribution in [0.3, 0.4) is 0 Å². The first-order chi connectivity index (χ1) is 21.7. The molecule has 0 unspecified atom stereocenters. The monoisotopic (exact) mass is 633 g/mol. The molecule has 3 aliphatic heterocycles. The minimum Gasteiger partial charge on any atom is -0.476 e. The fourth-order valence-electron chi connectivity index (χ4n) is 7.32. The van der Waals surface area contributed by atoms with Gasteiger partial charge in [0, 0.05) is 62.5 Å². The molecular formula is C33H43N7O4S. The second-order valence-corrected chi connectivity index (χ2v) is 14.7. The number of likely N-dealkylation sites (N-methyl/N-ethyl adjacent to an activating group) is 2. The number of hydrogen-bond acceptors (Lipinski definition) is 8. The first-order valence-corrected chi connectivity index (χ1v) is 17.7. The zero-order valence-electron chi connectivity index (χ0n) is 26.3. The topological polar surface area (TPSA) is 111 Å². The fraction of sp³-hybridized carbons (Fsp3) is 0.545. The molecule has 0 atom stereocenters. The van der Waals surface area contributed by atoms with E-state index in [1.54, 1.807) is 11.1 Å². The van der Waals surface area contributed by atoms with Gasteiger partial charge in [-0.15, -0.1) is 0 Å². The maximum Gasteiger partial charge on any atom is 0.301 e. The molecule has 1 aromatic carbocycles. The standard InChI is InChI=1S/C33H43N7O4S/c1-37-15-17-40(18-16-37)45(42,43)36-28-21-25(22-35-31(28)44-19-7-14-39-12-4-3-5-13-39)24-8-9-27-26(20-24)30-29(23-34-27)38(2)32(41)33(30)10-6-11-33/h8-9,20-23,36H,3-7,10-19H2,1-2H3. The van der Waals surface area contributed by atoms with Crippen LogP contribution in [0, 0.1) is 0 Å². The number of nitrogens with zero attached hydrogens (tertiary/aromatic N) is 6. The molecule has 0 radical (unpaired) electrons. The molecule has 0 bridgehead atoms. The minimum atomic E-state index is -3.82. The number of nitrogens with one attached hydrogen (secondary N) is 1. The number of benzene rings is 1. The number of pyridine rings is 2. The summed E-state index contributed by atoms with van der Waals surface area (Å²) in [6.45, 7) is 5.84. The molecular weight excluding hydrogens is 590 g/mol. The summed E-state index contributed by atoms with van der Waals surface area (Å²) < 4.78 is 37.5. The number of piperazine rings is 1. The predicted octanol–water partition coefficient (Wildman–Crippen LogP) is 3.85. The summed E-state index contributed by atoms with van der Waals surface area (Å²) in [6.07, 6.45) is 10.9. The maximum atomic E-state index is 13.5. The van der Waals surface area contributed by atoms with Crippen LogP contribution in [0.2, 0.25) is 0 Å². The summed E-state index contributed by atoms with van der Waals surface area (Å²) in [5, 5.41) is 0.958. The first-order valence-electron chi connectivity index (χ1n) is 16.3. The Bertz CT molecular complexity index is 1700. The second kappa shape index (κ2) is 12.1. The Morgan fingerprint density at radius 3 is 2.42 bits per heavy atom. The number of rotatable bonds is 9. The van der Waals surface area contributed by atoms with Gasteiger partial charge < -0.3 is 19.4 Å². The van der Waals surface area contributed by atoms with Crippen molar-refractivity contribution in [1.82, 2.24) is 24.1 Å². The van der Waals surface area contributed by atoms with E-state index in [0.29, 0.717) is 38.5 Å². The van der Waals surface area contributed by atoms with Crippen LogP contribution in [-0.2, 0) is 20.4 Å². The van der Waals surface area contributed by atoms with E-state index in [4.69, 9.17) is 4.74 Å². The quantitative estimate of drug-likeness (QED) is 0.354. The zero-order chi connectivity index (χ0) is 31.2. The number of fused-ring (bicyclic) bond motifs is 4. The summed E-state index contributed by atoms with van der Waals surface area (Å²) in [4.78, 5) is 29.0. The van der Waals surface area contributed by atoms with Crippen molar-refractivity contribution in [2.75, 3.05) is 76.1 Å². The molecule has 45 heavy (non-hydrogen) atoms. The molecule has 1 N–H and O–H groups in total. The average molecular weight is 634 g/mol. The van der Waals surface area contributed by atoms with Crippen LogP contribution in [-0.4, -0.2) is 105 Å². The van der Waals surface area contributed by atoms with E-state index >= 15 is 0 Å². The Balaban J connectivity index is 1.20. The van der Waals surface area contributed by atoms with Gasteiger partial charge >= 0.3 is 10.2 Å². The molecule has 2 aromatic heterocycles. The van der Waals surface area contributed by atoms with Crippen molar-refractivity contribution in [1.29, 1.82) is 0 Å². The van der Waals surface area contributed by atoms with Crippen LogP contribution in [0.1, 0.15) is 50.5 Å². The number of ether oxygens (including phenoxy) is 1. The predicted molar refractivity (Wildman–Crippen MR) is 176 cm³/mol. The van der Waals surface area contributed by atoms with Gasteiger partial charge in [0.1, 0.15) is 5.69 Å². The number of amides is 1. The van der Waals surface area contributed by atoms with E-state index in [1.165, 1.54) is 23.6 Å². The highest BCUT2D eigenvalue weighted by atomic mass is 32.2. The number of hydrogen-bond donors (Lipinski definition) is 1. The van der Waals surface area contributed by atoms with Crippen LogP contribution in [0.5, 0.6) is 5.88 Å². The molecule has 11 nitrogen and oxygen atoms in total. The second-order valence-electron chi connectivity index (χ2n) is 13.0. The Labute approximate surface area is 265 Å². The maximum absolute atomic E-state index is 13.5. The molecule has 240 valence electrons. The number of piperidine rings is 1. The average Bonchev–Trinajstić information content (AvgIpc) is 3.27. The molecule has 1 aliphatic carbocycles. The van der Waals surface area contributed by atoms with Crippen molar-refractivity contribution in [3.8, 4) is 17.0 Å². The largest absolute Gasteiger partial charge is 0.476 e. The molecule has 7 rings (SSSR count). The molecule has 4 aliphatic rings. The molecule has 3 aromatic rings. The molecule has 1 amide bonds. The lowest BCUT2D eigenvalue weighted by Gasteiger charge is -2.37. The van der Waals surface area contributed by atoms with Crippen molar-refractivity contribution in [3.05, 3.63) is 42.2 Å². The Morgan fingerprint density at radius 2 is 1.69 bits per heavy atom. The molecule has 5 heterocycles. The lowest BCUT2D eigenvalue weighted by Crippen LogP contribution is -2.48. The van der Waals surface area contributed by atoms with E-state index in [9.17, 15) is 13.2 Å². The lowest BCUT2D eigenvalue weighted by atomic mass is 9.64.